The molecule has 9 rings (SSSR count). The van der Waals surface area contributed by atoms with Crippen molar-refractivity contribution in [2.45, 2.75) is 68.2 Å². The minimum atomic E-state index is -0.891. The number of phenolic OH excluding ortho intramolecular Hbond substituents is 1. The standard InChI is InChI=1S/C28H28N2O3/c31-20-7-6-17-12-21-28(32)13-19-18-3-1-2-16-8-10-30(23(16)18)24(19)26-27(28,22(17)25(20)33-26)9-11-29(21)14-15-4-5-15/h1-3,6-7,15,21,26,31-32H,4-5,8-14H2/t21-,26+,27+,28-/m1/s1. The highest BCUT2D eigenvalue weighted by atomic mass is 16.5. The number of aryl methyl sites for hydroxylation is 2. The third kappa shape index (κ3) is 1.83. The quantitative estimate of drug-likeness (QED) is 0.639. The third-order valence-corrected chi connectivity index (χ3v) is 10.1. The van der Waals surface area contributed by atoms with Crippen LogP contribution in [0, 0.1) is 5.92 Å². The van der Waals surface area contributed by atoms with Crippen molar-refractivity contribution < 1.29 is 14.9 Å². The van der Waals surface area contributed by atoms with Crippen LogP contribution in [-0.4, -0.2) is 44.4 Å². The Morgan fingerprint density at radius 3 is 2.88 bits per heavy atom. The number of likely N-dealkylation sites (tertiary alicyclic amines) is 1. The molecule has 3 aliphatic carbocycles. The number of nitrogens with zero attached hydrogens (tertiary/aromatic N) is 2. The lowest BCUT2D eigenvalue weighted by Crippen LogP contribution is -2.74. The molecule has 4 heterocycles. The van der Waals surface area contributed by atoms with Crippen LogP contribution >= 0.6 is 0 Å². The summed E-state index contributed by atoms with van der Waals surface area (Å²) >= 11 is 0. The van der Waals surface area contributed by atoms with Crippen molar-refractivity contribution in [1.29, 1.82) is 0 Å². The number of aliphatic hydroxyl groups is 1. The van der Waals surface area contributed by atoms with Crippen molar-refractivity contribution in [3.63, 3.8) is 0 Å². The van der Waals surface area contributed by atoms with Crippen molar-refractivity contribution in [3.05, 3.63) is 58.3 Å². The van der Waals surface area contributed by atoms with Crippen molar-refractivity contribution in [2.75, 3.05) is 13.1 Å². The van der Waals surface area contributed by atoms with Gasteiger partial charge in [-0.05, 0) is 67.3 Å². The van der Waals surface area contributed by atoms with Crippen LogP contribution in [0.5, 0.6) is 11.5 Å². The van der Waals surface area contributed by atoms with Crippen LogP contribution < -0.4 is 4.74 Å². The Balaban J connectivity index is 1.36. The van der Waals surface area contributed by atoms with Gasteiger partial charge in [0.05, 0.1) is 22.2 Å². The zero-order valence-corrected chi connectivity index (χ0v) is 18.7. The van der Waals surface area contributed by atoms with Crippen LogP contribution in [-0.2, 0) is 31.2 Å². The van der Waals surface area contributed by atoms with E-state index >= 15 is 0 Å². The SMILES string of the molecule is Oc1ccc2c3c1O[C@H]1c4c(c5cccc6c5n4CC6)C[C@@]4(O)[C@@H](C2)N(CC2CC2)CC[C@]314. The zero-order valence-electron chi connectivity index (χ0n) is 18.7. The highest BCUT2D eigenvalue weighted by Crippen LogP contribution is 2.69. The Bertz CT molecular complexity index is 1400. The third-order valence-electron chi connectivity index (χ3n) is 10.1. The maximum absolute atomic E-state index is 12.9. The van der Waals surface area contributed by atoms with E-state index in [1.54, 1.807) is 6.07 Å². The summed E-state index contributed by atoms with van der Waals surface area (Å²) in [6.07, 6.45) is 5.87. The summed E-state index contributed by atoms with van der Waals surface area (Å²) in [5.74, 6) is 1.65. The molecule has 1 saturated heterocycles. The lowest BCUT2D eigenvalue weighted by molar-refractivity contribution is -0.173. The van der Waals surface area contributed by atoms with Crippen LogP contribution in [0.4, 0.5) is 0 Å². The molecule has 1 spiro atoms. The number of ether oxygens (including phenoxy) is 1. The first-order valence-electron chi connectivity index (χ1n) is 12.7. The Hall–Kier alpha value is -2.50. The van der Waals surface area contributed by atoms with E-state index in [1.165, 1.54) is 46.1 Å². The van der Waals surface area contributed by atoms with Gasteiger partial charge in [0.2, 0.25) is 0 Å². The molecule has 2 aromatic carbocycles. The number of benzene rings is 2. The summed E-state index contributed by atoms with van der Waals surface area (Å²) in [4.78, 5) is 2.61. The number of aromatic hydroxyl groups is 1. The minimum absolute atomic E-state index is 0.0959. The molecule has 3 aromatic rings. The molecule has 5 heteroatoms. The number of hydrogen-bond donors (Lipinski definition) is 2. The normalized spacial score (nSPS) is 34.9. The molecule has 33 heavy (non-hydrogen) atoms. The summed E-state index contributed by atoms with van der Waals surface area (Å²) in [7, 11) is 0. The van der Waals surface area contributed by atoms with E-state index in [0.29, 0.717) is 12.2 Å². The fourth-order valence-corrected chi connectivity index (χ4v) is 8.65. The lowest BCUT2D eigenvalue weighted by atomic mass is 9.49. The summed E-state index contributed by atoms with van der Waals surface area (Å²) in [6, 6.07) is 10.7. The van der Waals surface area contributed by atoms with Crippen molar-refractivity contribution >= 4 is 10.9 Å². The van der Waals surface area contributed by atoms with Gasteiger partial charge in [-0.25, -0.2) is 0 Å². The number of phenols is 1. The molecule has 2 fully saturated rings. The highest BCUT2D eigenvalue weighted by molar-refractivity contribution is 5.90. The van der Waals surface area contributed by atoms with E-state index in [1.807, 2.05) is 0 Å². The lowest BCUT2D eigenvalue weighted by Gasteiger charge is -2.63. The van der Waals surface area contributed by atoms with Crippen LogP contribution in [0.25, 0.3) is 10.9 Å². The highest BCUT2D eigenvalue weighted by Gasteiger charge is 2.73. The van der Waals surface area contributed by atoms with Gasteiger partial charge in [0.25, 0.3) is 0 Å². The van der Waals surface area contributed by atoms with E-state index in [-0.39, 0.29) is 17.9 Å². The molecule has 2 N–H and O–H groups in total. The van der Waals surface area contributed by atoms with E-state index in [4.69, 9.17) is 4.74 Å². The van der Waals surface area contributed by atoms with Gasteiger partial charge in [0.1, 0.15) is 0 Å². The molecule has 0 unspecified atom stereocenters. The number of hydrogen-bond acceptors (Lipinski definition) is 4. The van der Waals surface area contributed by atoms with E-state index in [0.717, 1.165) is 50.4 Å². The maximum Gasteiger partial charge on any atom is 0.166 e. The van der Waals surface area contributed by atoms with Gasteiger partial charge < -0.3 is 19.5 Å². The Morgan fingerprint density at radius 2 is 2.00 bits per heavy atom. The largest absolute Gasteiger partial charge is 0.504 e. The number of aromatic nitrogens is 1. The van der Waals surface area contributed by atoms with E-state index in [9.17, 15) is 10.2 Å². The second kappa shape index (κ2) is 5.42. The zero-order chi connectivity index (χ0) is 21.7. The fourth-order valence-electron chi connectivity index (χ4n) is 8.65. The molecule has 1 aromatic heterocycles. The number of piperidine rings is 1. The Labute approximate surface area is 192 Å². The summed E-state index contributed by atoms with van der Waals surface area (Å²) in [6.45, 7) is 3.08. The van der Waals surface area contributed by atoms with Crippen LogP contribution in [0.1, 0.15) is 53.3 Å². The van der Waals surface area contributed by atoms with Crippen LogP contribution in [0.2, 0.25) is 0 Å². The average Bonchev–Trinajstić information content (AvgIpc) is 3.28. The summed E-state index contributed by atoms with van der Waals surface area (Å²) in [5, 5.41) is 25.1. The van der Waals surface area contributed by atoms with Crippen LogP contribution in [0.15, 0.2) is 30.3 Å². The topological polar surface area (TPSA) is 57.9 Å². The predicted molar refractivity (Wildman–Crippen MR) is 124 cm³/mol. The summed E-state index contributed by atoms with van der Waals surface area (Å²) < 4.78 is 9.26. The molecule has 4 atom stereocenters. The van der Waals surface area contributed by atoms with Crippen molar-refractivity contribution in [1.82, 2.24) is 9.47 Å². The van der Waals surface area contributed by atoms with Gasteiger partial charge in [0, 0.05) is 36.5 Å². The molecular weight excluding hydrogens is 412 g/mol. The molecule has 5 nitrogen and oxygen atoms in total. The smallest absolute Gasteiger partial charge is 0.166 e. The van der Waals surface area contributed by atoms with E-state index in [2.05, 4.69) is 33.7 Å². The first-order chi connectivity index (χ1) is 16.1. The van der Waals surface area contributed by atoms with E-state index < -0.39 is 11.0 Å². The monoisotopic (exact) mass is 440 g/mol. The van der Waals surface area contributed by atoms with Gasteiger partial charge in [0.15, 0.2) is 17.6 Å². The fraction of sp³-hybridized carbons (Fsp3) is 0.500. The van der Waals surface area contributed by atoms with Crippen LogP contribution in [0.3, 0.4) is 0 Å². The van der Waals surface area contributed by atoms with Gasteiger partial charge >= 0.3 is 0 Å². The molecule has 1 saturated carbocycles. The van der Waals surface area contributed by atoms with Crippen molar-refractivity contribution in [3.8, 4) is 11.5 Å². The second-order valence-corrected chi connectivity index (χ2v) is 11.5. The minimum Gasteiger partial charge on any atom is -0.504 e. The number of rotatable bonds is 2. The molecule has 3 aliphatic heterocycles. The average molecular weight is 441 g/mol. The van der Waals surface area contributed by atoms with Gasteiger partial charge in [-0.3, -0.25) is 4.90 Å². The molecule has 168 valence electrons. The molecular formula is C28H28N2O3. The number of fused-ring (bicyclic) bond motifs is 4. The first kappa shape index (κ1) is 17.9. The summed E-state index contributed by atoms with van der Waals surface area (Å²) in [5.41, 5.74) is 6.30. The first-order valence-corrected chi connectivity index (χ1v) is 12.7. The number of para-hydroxylation sites is 1. The Kier molecular flexibility index (Phi) is 2.94. The van der Waals surface area contributed by atoms with Crippen molar-refractivity contribution in [2.24, 2.45) is 5.92 Å². The molecule has 0 radical (unpaired) electrons. The molecule has 0 amide bonds. The van der Waals surface area contributed by atoms with Gasteiger partial charge in [-0.2, -0.15) is 0 Å². The van der Waals surface area contributed by atoms with Gasteiger partial charge in [-0.1, -0.05) is 24.3 Å². The molecule has 2 bridgehead atoms. The maximum atomic E-state index is 12.9. The second-order valence-electron chi connectivity index (χ2n) is 11.5. The van der Waals surface area contributed by atoms with Gasteiger partial charge in [-0.15, -0.1) is 0 Å². The molecule has 6 aliphatic rings. The Morgan fingerprint density at radius 1 is 1.09 bits per heavy atom. The predicted octanol–water partition coefficient (Wildman–Crippen LogP) is 3.60.